The van der Waals surface area contributed by atoms with E-state index in [1.54, 1.807) is 6.33 Å². The molecular formula is C7H11N3O. The van der Waals surface area contributed by atoms with Crippen LogP contribution in [0, 0.1) is 0 Å². The first-order valence-electron chi connectivity index (χ1n) is 3.71. The number of nitrogens with one attached hydrogen (secondary N) is 1. The van der Waals surface area contributed by atoms with Crippen LogP contribution in [0.1, 0.15) is 5.69 Å². The van der Waals surface area contributed by atoms with Crippen LogP contribution in [0.5, 0.6) is 5.88 Å². The van der Waals surface area contributed by atoms with Gasteiger partial charge in [-0.05, 0) is 0 Å². The molecule has 11 heavy (non-hydrogen) atoms. The monoisotopic (exact) mass is 153 g/mol. The lowest BCUT2D eigenvalue weighted by molar-refractivity contribution is 0.303. The number of rotatable bonds is 0. The van der Waals surface area contributed by atoms with Crippen molar-refractivity contribution in [2.24, 2.45) is 7.05 Å². The molecule has 0 radical (unpaired) electrons. The molecule has 0 atom stereocenters. The fourth-order valence-corrected chi connectivity index (χ4v) is 1.20. The predicted octanol–water partition coefficient (Wildman–Crippen LogP) is -0.0979. The summed E-state index contributed by atoms with van der Waals surface area (Å²) in [6.07, 6.45) is 1.78. The lowest BCUT2D eigenvalue weighted by Crippen LogP contribution is -2.16. The maximum Gasteiger partial charge on any atom is 0.218 e. The molecule has 1 aromatic heterocycles. The highest BCUT2D eigenvalue weighted by molar-refractivity contribution is 5.20. The molecule has 0 saturated heterocycles. The standard InChI is InChI=1S/C7H11N3O/c1-10-5-9-6-4-8-2-3-11-7(6)10/h5,8H,2-4H2,1H3. The molecule has 1 aliphatic heterocycles. The summed E-state index contributed by atoms with van der Waals surface area (Å²) in [4.78, 5) is 4.19. The number of nitrogens with zero attached hydrogens (tertiary/aromatic N) is 2. The second kappa shape index (κ2) is 2.54. The van der Waals surface area contributed by atoms with Gasteiger partial charge in [0.2, 0.25) is 5.88 Å². The Hall–Kier alpha value is -1.03. The van der Waals surface area contributed by atoms with Crippen LogP contribution in [0.3, 0.4) is 0 Å². The average Bonchev–Trinajstić information content (AvgIpc) is 2.25. The van der Waals surface area contributed by atoms with Gasteiger partial charge >= 0.3 is 0 Å². The molecule has 0 fully saturated rings. The van der Waals surface area contributed by atoms with Gasteiger partial charge in [0.05, 0.1) is 6.33 Å². The number of hydrogen-bond donors (Lipinski definition) is 1. The summed E-state index contributed by atoms with van der Waals surface area (Å²) in [5.41, 5.74) is 1.00. The predicted molar refractivity (Wildman–Crippen MR) is 40.4 cm³/mol. The Morgan fingerprint density at radius 2 is 2.64 bits per heavy atom. The quantitative estimate of drug-likeness (QED) is 0.565. The first-order chi connectivity index (χ1) is 5.38. The molecule has 0 saturated carbocycles. The van der Waals surface area contributed by atoms with E-state index in [1.807, 2.05) is 11.6 Å². The van der Waals surface area contributed by atoms with Crippen LogP contribution < -0.4 is 10.1 Å². The third kappa shape index (κ3) is 1.09. The maximum absolute atomic E-state index is 5.46. The molecule has 4 heteroatoms. The molecule has 2 rings (SSSR count). The van der Waals surface area contributed by atoms with Gasteiger partial charge in [0, 0.05) is 20.1 Å². The summed E-state index contributed by atoms with van der Waals surface area (Å²) >= 11 is 0. The summed E-state index contributed by atoms with van der Waals surface area (Å²) < 4.78 is 7.36. The molecule has 60 valence electrons. The van der Waals surface area contributed by atoms with Gasteiger partial charge < -0.3 is 14.6 Å². The number of imidazole rings is 1. The van der Waals surface area contributed by atoms with E-state index < -0.39 is 0 Å². The van der Waals surface area contributed by atoms with Crippen molar-refractivity contribution in [1.29, 1.82) is 0 Å². The highest BCUT2D eigenvalue weighted by atomic mass is 16.5. The summed E-state index contributed by atoms with van der Waals surface area (Å²) in [6, 6.07) is 0. The van der Waals surface area contributed by atoms with Crippen LogP contribution in [0.25, 0.3) is 0 Å². The molecule has 1 aliphatic rings. The van der Waals surface area contributed by atoms with Crippen molar-refractivity contribution in [3.05, 3.63) is 12.0 Å². The minimum Gasteiger partial charge on any atom is -0.476 e. The zero-order valence-corrected chi connectivity index (χ0v) is 6.50. The van der Waals surface area contributed by atoms with Crippen LogP contribution >= 0.6 is 0 Å². The Balaban J connectivity index is 2.35. The fraction of sp³-hybridized carbons (Fsp3) is 0.571. The zero-order valence-electron chi connectivity index (χ0n) is 6.50. The highest BCUT2D eigenvalue weighted by Crippen LogP contribution is 2.16. The molecular weight excluding hydrogens is 142 g/mol. The van der Waals surface area contributed by atoms with Crippen molar-refractivity contribution < 1.29 is 4.74 Å². The molecule has 1 N–H and O–H groups in total. The highest BCUT2D eigenvalue weighted by Gasteiger charge is 2.12. The van der Waals surface area contributed by atoms with Crippen molar-refractivity contribution in [2.45, 2.75) is 6.54 Å². The van der Waals surface area contributed by atoms with E-state index in [1.165, 1.54) is 0 Å². The molecule has 0 bridgehead atoms. The normalized spacial score (nSPS) is 16.8. The molecule has 0 aromatic carbocycles. The zero-order chi connectivity index (χ0) is 7.68. The Morgan fingerprint density at radius 1 is 1.73 bits per heavy atom. The average molecular weight is 153 g/mol. The second-order valence-electron chi connectivity index (χ2n) is 2.63. The Labute approximate surface area is 65.2 Å². The summed E-state index contributed by atoms with van der Waals surface area (Å²) in [5.74, 6) is 0.898. The van der Waals surface area contributed by atoms with Crippen molar-refractivity contribution in [3.8, 4) is 5.88 Å². The van der Waals surface area contributed by atoms with E-state index in [9.17, 15) is 0 Å². The van der Waals surface area contributed by atoms with Gasteiger partial charge in [-0.3, -0.25) is 0 Å². The molecule has 0 amide bonds. The van der Waals surface area contributed by atoms with E-state index in [-0.39, 0.29) is 0 Å². The molecule has 0 unspecified atom stereocenters. The SMILES string of the molecule is Cn1cnc2c1OCCNC2. The number of aromatic nitrogens is 2. The smallest absolute Gasteiger partial charge is 0.218 e. The van der Waals surface area contributed by atoms with Crippen LogP contribution in [0.4, 0.5) is 0 Å². The summed E-state index contributed by atoms with van der Waals surface area (Å²) in [7, 11) is 1.94. The van der Waals surface area contributed by atoms with E-state index in [0.717, 1.165) is 31.3 Å². The number of fused-ring (bicyclic) bond motifs is 1. The van der Waals surface area contributed by atoms with Crippen molar-refractivity contribution in [2.75, 3.05) is 13.2 Å². The number of hydrogen-bond acceptors (Lipinski definition) is 3. The van der Waals surface area contributed by atoms with Gasteiger partial charge in [-0.2, -0.15) is 0 Å². The van der Waals surface area contributed by atoms with Crippen molar-refractivity contribution in [3.63, 3.8) is 0 Å². The number of aryl methyl sites for hydroxylation is 1. The maximum atomic E-state index is 5.46. The molecule has 4 nitrogen and oxygen atoms in total. The summed E-state index contributed by atoms with van der Waals surface area (Å²) in [6.45, 7) is 2.44. The van der Waals surface area contributed by atoms with Gasteiger partial charge in [0.25, 0.3) is 0 Å². The Morgan fingerprint density at radius 3 is 3.55 bits per heavy atom. The van der Waals surface area contributed by atoms with Crippen LogP contribution in [0.15, 0.2) is 6.33 Å². The van der Waals surface area contributed by atoms with Gasteiger partial charge in [-0.1, -0.05) is 0 Å². The Bertz CT molecular complexity index is 256. The van der Waals surface area contributed by atoms with Crippen LogP contribution in [-0.4, -0.2) is 22.7 Å². The van der Waals surface area contributed by atoms with E-state index >= 15 is 0 Å². The van der Waals surface area contributed by atoms with Crippen molar-refractivity contribution >= 4 is 0 Å². The Kier molecular flexibility index (Phi) is 1.54. The topological polar surface area (TPSA) is 39.1 Å². The first-order valence-corrected chi connectivity index (χ1v) is 3.71. The van der Waals surface area contributed by atoms with E-state index in [2.05, 4.69) is 10.3 Å². The number of ether oxygens (including phenoxy) is 1. The molecule has 0 aliphatic carbocycles. The van der Waals surface area contributed by atoms with E-state index in [0.29, 0.717) is 0 Å². The first kappa shape index (κ1) is 6.67. The largest absolute Gasteiger partial charge is 0.476 e. The van der Waals surface area contributed by atoms with Crippen LogP contribution in [0.2, 0.25) is 0 Å². The van der Waals surface area contributed by atoms with Gasteiger partial charge in [0.15, 0.2) is 0 Å². The van der Waals surface area contributed by atoms with Gasteiger partial charge in [-0.15, -0.1) is 0 Å². The lowest BCUT2D eigenvalue weighted by atomic mass is 10.4. The van der Waals surface area contributed by atoms with Gasteiger partial charge in [-0.25, -0.2) is 4.98 Å². The molecule has 0 spiro atoms. The van der Waals surface area contributed by atoms with Gasteiger partial charge in [0.1, 0.15) is 12.3 Å². The van der Waals surface area contributed by atoms with Crippen molar-refractivity contribution in [1.82, 2.24) is 14.9 Å². The summed E-state index contributed by atoms with van der Waals surface area (Å²) in [5, 5.41) is 3.22. The van der Waals surface area contributed by atoms with Crippen LogP contribution in [-0.2, 0) is 13.6 Å². The van der Waals surface area contributed by atoms with E-state index in [4.69, 9.17) is 4.74 Å². The third-order valence-corrected chi connectivity index (χ3v) is 1.76. The third-order valence-electron chi connectivity index (χ3n) is 1.76. The molecule has 1 aromatic rings. The second-order valence-corrected chi connectivity index (χ2v) is 2.63. The fourth-order valence-electron chi connectivity index (χ4n) is 1.20. The lowest BCUT2D eigenvalue weighted by Gasteiger charge is -2.02. The minimum absolute atomic E-state index is 0.729. The minimum atomic E-state index is 0.729. The molecule has 2 heterocycles.